The number of rotatable bonds is 5. The number of aliphatic hydroxyl groups is 1. The maximum absolute atomic E-state index is 14.3. The van der Waals surface area contributed by atoms with Gasteiger partial charge in [-0.15, -0.1) is 11.3 Å². The second kappa shape index (κ2) is 5.54. The standard InChI is InChI=1S/C16H18FNOS/c1-11(19)14-5-2-6-15(17)16(14)18(12-7-8-12)10-13-4-3-9-20-13/h2-6,9,11-12,19H,7-8,10H2,1H3/t11-/m0/s1. The summed E-state index contributed by atoms with van der Waals surface area (Å²) in [6, 6.07) is 9.44. The van der Waals surface area contributed by atoms with Crippen LogP contribution in [0, 0.1) is 5.82 Å². The molecule has 1 N–H and O–H groups in total. The van der Waals surface area contributed by atoms with Crippen molar-refractivity contribution < 1.29 is 9.50 Å². The Kier molecular flexibility index (Phi) is 3.76. The molecule has 106 valence electrons. The first kappa shape index (κ1) is 13.6. The van der Waals surface area contributed by atoms with E-state index in [2.05, 4.69) is 11.0 Å². The molecule has 0 spiro atoms. The average Bonchev–Trinajstić information content (AvgIpc) is 3.13. The van der Waals surface area contributed by atoms with Gasteiger partial charge in [0.05, 0.1) is 18.3 Å². The number of para-hydroxylation sites is 1. The zero-order valence-electron chi connectivity index (χ0n) is 11.4. The third-order valence-corrected chi connectivity index (χ3v) is 4.51. The second-order valence-electron chi connectivity index (χ2n) is 5.29. The molecule has 20 heavy (non-hydrogen) atoms. The number of benzene rings is 1. The summed E-state index contributed by atoms with van der Waals surface area (Å²) in [6.07, 6.45) is 1.53. The average molecular weight is 291 g/mol. The molecule has 4 heteroatoms. The lowest BCUT2D eigenvalue weighted by Gasteiger charge is -2.28. The molecule has 0 unspecified atom stereocenters. The molecule has 0 radical (unpaired) electrons. The molecule has 0 amide bonds. The van der Waals surface area contributed by atoms with E-state index in [1.54, 1.807) is 24.3 Å². The molecule has 2 nitrogen and oxygen atoms in total. The summed E-state index contributed by atoms with van der Waals surface area (Å²) in [5, 5.41) is 12.0. The van der Waals surface area contributed by atoms with E-state index in [0.717, 1.165) is 12.8 Å². The van der Waals surface area contributed by atoms with Crippen LogP contribution < -0.4 is 4.90 Å². The van der Waals surface area contributed by atoms with Gasteiger partial charge in [0.2, 0.25) is 0 Å². The van der Waals surface area contributed by atoms with Gasteiger partial charge in [-0.25, -0.2) is 4.39 Å². The summed E-state index contributed by atoms with van der Waals surface area (Å²) in [5.74, 6) is -0.244. The monoisotopic (exact) mass is 291 g/mol. The topological polar surface area (TPSA) is 23.5 Å². The van der Waals surface area contributed by atoms with E-state index in [1.807, 2.05) is 17.5 Å². The lowest BCUT2D eigenvalue weighted by molar-refractivity contribution is 0.199. The van der Waals surface area contributed by atoms with E-state index in [9.17, 15) is 9.50 Å². The minimum absolute atomic E-state index is 0.244. The summed E-state index contributed by atoms with van der Waals surface area (Å²) in [5.41, 5.74) is 1.24. The fourth-order valence-corrected chi connectivity index (χ4v) is 3.22. The quantitative estimate of drug-likeness (QED) is 0.896. The van der Waals surface area contributed by atoms with Crippen molar-refractivity contribution in [2.45, 2.75) is 38.5 Å². The lowest BCUT2D eigenvalue weighted by Crippen LogP contribution is -2.27. The third kappa shape index (κ3) is 2.72. The smallest absolute Gasteiger partial charge is 0.146 e. The molecule has 1 heterocycles. The Morgan fingerprint density at radius 1 is 1.35 bits per heavy atom. The molecular weight excluding hydrogens is 273 g/mol. The van der Waals surface area contributed by atoms with Crippen molar-refractivity contribution in [1.29, 1.82) is 0 Å². The maximum Gasteiger partial charge on any atom is 0.146 e. The van der Waals surface area contributed by atoms with Crippen molar-refractivity contribution in [3.63, 3.8) is 0 Å². The highest BCUT2D eigenvalue weighted by Gasteiger charge is 2.32. The number of thiophene rings is 1. The van der Waals surface area contributed by atoms with Gasteiger partial charge in [-0.3, -0.25) is 0 Å². The van der Waals surface area contributed by atoms with Gasteiger partial charge in [0, 0.05) is 16.5 Å². The summed E-state index contributed by atoms with van der Waals surface area (Å²) in [7, 11) is 0. The lowest BCUT2D eigenvalue weighted by atomic mass is 10.1. The van der Waals surface area contributed by atoms with Crippen molar-refractivity contribution in [2.75, 3.05) is 4.90 Å². The molecule has 1 saturated carbocycles. The van der Waals surface area contributed by atoms with Gasteiger partial charge < -0.3 is 10.0 Å². The third-order valence-electron chi connectivity index (χ3n) is 3.65. The van der Waals surface area contributed by atoms with Crippen molar-refractivity contribution in [1.82, 2.24) is 0 Å². The first-order valence-electron chi connectivity index (χ1n) is 6.92. The molecule has 1 atom stereocenters. The Balaban J connectivity index is 1.99. The molecule has 0 aliphatic heterocycles. The number of halogens is 1. The Hall–Kier alpha value is -1.39. The van der Waals surface area contributed by atoms with Crippen molar-refractivity contribution in [3.8, 4) is 0 Å². The summed E-state index contributed by atoms with van der Waals surface area (Å²) in [6.45, 7) is 2.40. The Labute approximate surface area is 122 Å². The predicted molar refractivity (Wildman–Crippen MR) is 80.6 cm³/mol. The van der Waals surface area contributed by atoms with E-state index in [1.165, 1.54) is 10.9 Å². The first-order chi connectivity index (χ1) is 9.66. The molecule has 1 fully saturated rings. The van der Waals surface area contributed by atoms with Crippen LogP contribution in [-0.4, -0.2) is 11.1 Å². The fraction of sp³-hybridized carbons (Fsp3) is 0.375. The number of aliphatic hydroxyl groups excluding tert-OH is 1. The van der Waals surface area contributed by atoms with Crippen LogP contribution in [0.5, 0.6) is 0 Å². The van der Waals surface area contributed by atoms with Gasteiger partial charge >= 0.3 is 0 Å². The molecular formula is C16H18FNOS. The SMILES string of the molecule is C[C@H](O)c1cccc(F)c1N(Cc1cccs1)C1CC1. The van der Waals surface area contributed by atoms with Crippen LogP contribution in [0.4, 0.5) is 10.1 Å². The molecule has 1 aliphatic carbocycles. The van der Waals surface area contributed by atoms with Crippen LogP contribution >= 0.6 is 11.3 Å². The molecule has 1 aromatic carbocycles. The van der Waals surface area contributed by atoms with E-state index >= 15 is 0 Å². The number of hydrogen-bond acceptors (Lipinski definition) is 3. The molecule has 3 rings (SSSR count). The summed E-state index contributed by atoms with van der Waals surface area (Å²) in [4.78, 5) is 3.33. The van der Waals surface area contributed by atoms with Crippen LogP contribution in [0.2, 0.25) is 0 Å². The second-order valence-corrected chi connectivity index (χ2v) is 6.32. The molecule has 0 bridgehead atoms. The van der Waals surface area contributed by atoms with Gasteiger partial charge in [0.15, 0.2) is 0 Å². The van der Waals surface area contributed by atoms with E-state index in [4.69, 9.17) is 0 Å². The minimum atomic E-state index is -0.662. The van der Waals surface area contributed by atoms with E-state index in [0.29, 0.717) is 23.8 Å². The predicted octanol–water partition coefficient (Wildman–Crippen LogP) is 4.11. The first-order valence-corrected chi connectivity index (χ1v) is 7.80. The summed E-state index contributed by atoms with van der Waals surface area (Å²) >= 11 is 1.68. The Bertz CT molecular complexity index is 578. The van der Waals surface area contributed by atoms with Gasteiger partial charge in [0.25, 0.3) is 0 Å². The number of hydrogen-bond donors (Lipinski definition) is 1. The fourth-order valence-electron chi connectivity index (χ4n) is 2.52. The molecule has 2 aromatic rings. The van der Waals surface area contributed by atoms with Crippen molar-refractivity contribution in [2.24, 2.45) is 0 Å². The maximum atomic E-state index is 14.3. The molecule has 1 aliphatic rings. The van der Waals surface area contributed by atoms with Crippen molar-refractivity contribution in [3.05, 3.63) is 52.0 Å². The Morgan fingerprint density at radius 3 is 2.75 bits per heavy atom. The van der Waals surface area contributed by atoms with Gasteiger partial charge in [-0.1, -0.05) is 18.2 Å². The number of anilines is 1. The van der Waals surface area contributed by atoms with Gasteiger partial charge in [-0.05, 0) is 37.3 Å². The highest BCUT2D eigenvalue weighted by atomic mass is 32.1. The highest BCUT2D eigenvalue weighted by molar-refractivity contribution is 7.09. The highest BCUT2D eigenvalue weighted by Crippen LogP contribution is 2.38. The largest absolute Gasteiger partial charge is 0.389 e. The van der Waals surface area contributed by atoms with Crippen LogP contribution in [0.1, 0.15) is 36.3 Å². The zero-order chi connectivity index (χ0) is 14.1. The van der Waals surface area contributed by atoms with E-state index in [-0.39, 0.29) is 5.82 Å². The van der Waals surface area contributed by atoms with Gasteiger partial charge in [0.1, 0.15) is 5.82 Å². The van der Waals surface area contributed by atoms with Crippen LogP contribution in [0.3, 0.4) is 0 Å². The zero-order valence-corrected chi connectivity index (χ0v) is 12.2. The van der Waals surface area contributed by atoms with E-state index < -0.39 is 6.10 Å². The summed E-state index contributed by atoms with van der Waals surface area (Å²) < 4.78 is 14.3. The molecule has 1 aromatic heterocycles. The normalized spacial score (nSPS) is 16.1. The minimum Gasteiger partial charge on any atom is -0.389 e. The van der Waals surface area contributed by atoms with Crippen LogP contribution in [0.15, 0.2) is 35.7 Å². The Morgan fingerprint density at radius 2 is 2.15 bits per heavy atom. The van der Waals surface area contributed by atoms with Crippen molar-refractivity contribution >= 4 is 17.0 Å². The molecule has 0 saturated heterocycles. The van der Waals surface area contributed by atoms with Crippen LogP contribution in [-0.2, 0) is 6.54 Å². The van der Waals surface area contributed by atoms with Crippen LogP contribution in [0.25, 0.3) is 0 Å². The number of nitrogens with zero attached hydrogens (tertiary/aromatic N) is 1. The van der Waals surface area contributed by atoms with Gasteiger partial charge in [-0.2, -0.15) is 0 Å².